The molecule has 3 rings (SSSR count). The summed E-state index contributed by atoms with van der Waals surface area (Å²) in [5.41, 5.74) is 1.64. The normalized spacial score (nSPS) is 13.6. The van der Waals surface area contributed by atoms with Crippen LogP contribution in [0.1, 0.15) is 34.4 Å². The van der Waals surface area contributed by atoms with Gasteiger partial charge in [-0.3, -0.25) is 9.59 Å². The van der Waals surface area contributed by atoms with Gasteiger partial charge in [-0.25, -0.2) is 9.97 Å². The highest BCUT2D eigenvalue weighted by Crippen LogP contribution is 2.21. The van der Waals surface area contributed by atoms with E-state index in [1.165, 1.54) is 0 Å². The number of aryl methyl sites for hydroxylation is 1. The SMILES string of the molecule is CCOc1ncccc1C(=O)N1CCc2c(nc(C)[nH]c2=O)C1. The zero-order chi connectivity index (χ0) is 16.4. The summed E-state index contributed by atoms with van der Waals surface area (Å²) in [5.74, 6) is 0.729. The van der Waals surface area contributed by atoms with Crippen LogP contribution in [0.15, 0.2) is 23.1 Å². The van der Waals surface area contributed by atoms with Crippen LogP contribution in [0.4, 0.5) is 0 Å². The molecule has 0 saturated carbocycles. The molecule has 0 atom stereocenters. The third-order valence-electron chi connectivity index (χ3n) is 3.76. The Morgan fingerprint density at radius 3 is 3.09 bits per heavy atom. The average molecular weight is 314 g/mol. The maximum absolute atomic E-state index is 12.8. The number of rotatable bonds is 3. The van der Waals surface area contributed by atoms with Gasteiger partial charge in [0, 0.05) is 18.3 Å². The molecule has 23 heavy (non-hydrogen) atoms. The first-order valence-corrected chi connectivity index (χ1v) is 7.56. The third kappa shape index (κ3) is 2.94. The van der Waals surface area contributed by atoms with E-state index >= 15 is 0 Å². The summed E-state index contributed by atoms with van der Waals surface area (Å²) in [4.78, 5) is 37.6. The lowest BCUT2D eigenvalue weighted by Gasteiger charge is -2.28. The molecule has 0 spiro atoms. The second-order valence-electron chi connectivity index (χ2n) is 5.34. The van der Waals surface area contributed by atoms with Crippen LogP contribution in [-0.2, 0) is 13.0 Å². The van der Waals surface area contributed by atoms with E-state index in [0.29, 0.717) is 54.6 Å². The maximum atomic E-state index is 12.8. The van der Waals surface area contributed by atoms with Crippen molar-refractivity contribution >= 4 is 5.91 Å². The quantitative estimate of drug-likeness (QED) is 0.915. The summed E-state index contributed by atoms with van der Waals surface area (Å²) in [7, 11) is 0. The summed E-state index contributed by atoms with van der Waals surface area (Å²) >= 11 is 0. The second-order valence-corrected chi connectivity index (χ2v) is 5.34. The van der Waals surface area contributed by atoms with Crippen molar-refractivity contribution in [1.29, 1.82) is 0 Å². The van der Waals surface area contributed by atoms with Crippen molar-refractivity contribution in [2.45, 2.75) is 26.8 Å². The van der Waals surface area contributed by atoms with Gasteiger partial charge in [-0.05, 0) is 32.4 Å². The molecular weight excluding hydrogens is 296 g/mol. The summed E-state index contributed by atoms with van der Waals surface area (Å²) in [6.45, 7) is 4.81. The van der Waals surface area contributed by atoms with Gasteiger partial charge in [-0.2, -0.15) is 0 Å². The number of hydrogen-bond acceptors (Lipinski definition) is 5. The van der Waals surface area contributed by atoms with Crippen LogP contribution in [0.25, 0.3) is 0 Å². The molecule has 120 valence electrons. The number of carbonyl (C=O) groups is 1. The first kappa shape index (κ1) is 15.2. The highest BCUT2D eigenvalue weighted by atomic mass is 16.5. The molecule has 0 aromatic carbocycles. The number of carbonyl (C=O) groups excluding carboxylic acids is 1. The number of H-pyrrole nitrogens is 1. The van der Waals surface area contributed by atoms with Gasteiger partial charge < -0.3 is 14.6 Å². The van der Waals surface area contributed by atoms with E-state index in [0.717, 1.165) is 0 Å². The Balaban J connectivity index is 1.89. The molecule has 1 amide bonds. The Labute approximate surface area is 133 Å². The van der Waals surface area contributed by atoms with E-state index < -0.39 is 0 Å². The van der Waals surface area contributed by atoms with E-state index in [2.05, 4.69) is 15.0 Å². The first-order chi connectivity index (χ1) is 11.1. The average Bonchev–Trinajstić information content (AvgIpc) is 2.54. The number of aromatic nitrogens is 3. The Bertz CT molecular complexity index is 800. The molecule has 0 saturated heterocycles. The van der Waals surface area contributed by atoms with Crippen molar-refractivity contribution in [3.63, 3.8) is 0 Å². The lowest BCUT2D eigenvalue weighted by Crippen LogP contribution is -2.39. The molecule has 0 fully saturated rings. The zero-order valence-corrected chi connectivity index (χ0v) is 13.1. The third-order valence-corrected chi connectivity index (χ3v) is 3.76. The Hall–Kier alpha value is -2.70. The van der Waals surface area contributed by atoms with Gasteiger partial charge in [0.2, 0.25) is 5.88 Å². The van der Waals surface area contributed by atoms with Gasteiger partial charge in [0.15, 0.2) is 0 Å². The largest absolute Gasteiger partial charge is 0.477 e. The highest BCUT2D eigenvalue weighted by molar-refractivity contribution is 5.96. The molecule has 2 aromatic heterocycles. The molecule has 2 aromatic rings. The van der Waals surface area contributed by atoms with Crippen LogP contribution in [0, 0.1) is 6.92 Å². The van der Waals surface area contributed by atoms with Crippen molar-refractivity contribution in [1.82, 2.24) is 19.9 Å². The van der Waals surface area contributed by atoms with Crippen molar-refractivity contribution in [2.24, 2.45) is 0 Å². The lowest BCUT2D eigenvalue weighted by molar-refractivity contribution is 0.0726. The Morgan fingerprint density at radius 2 is 2.30 bits per heavy atom. The smallest absolute Gasteiger partial charge is 0.259 e. The fourth-order valence-electron chi connectivity index (χ4n) is 2.71. The minimum absolute atomic E-state index is 0.115. The molecule has 0 unspecified atom stereocenters. The number of aromatic amines is 1. The van der Waals surface area contributed by atoms with Crippen molar-refractivity contribution in [3.8, 4) is 5.88 Å². The van der Waals surface area contributed by atoms with E-state index in [1.54, 1.807) is 30.2 Å². The van der Waals surface area contributed by atoms with Crippen LogP contribution in [-0.4, -0.2) is 38.9 Å². The molecule has 7 nitrogen and oxygen atoms in total. The monoisotopic (exact) mass is 314 g/mol. The minimum atomic E-state index is -0.160. The molecule has 0 aliphatic carbocycles. The first-order valence-electron chi connectivity index (χ1n) is 7.56. The summed E-state index contributed by atoms with van der Waals surface area (Å²) in [6, 6.07) is 3.41. The summed E-state index contributed by atoms with van der Waals surface area (Å²) in [6.07, 6.45) is 2.09. The van der Waals surface area contributed by atoms with Crippen LogP contribution in [0.5, 0.6) is 5.88 Å². The maximum Gasteiger partial charge on any atom is 0.259 e. The van der Waals surface area contributed by atoms with E-state index in [9.17, 15) is 9.59 Å². The molecular formula is C16H18N4O3. The summed E-state index contributed by atoms with van der Waals surface area (Å²) < 4.78 is 5.43. The van der Waals surface area contributed by atoms with Gasteiger partial charge in [-0.1, -0.05) is 0 Å². The highest BCUT2D eigenvalue weighted by Gasteiger charge is 2.26. The predicted molar refractivity (Wildman–Crippen MR) is 83.4 cm³/mol. The van der Waals surface area contributed by atoms with E-state index in [-0.39, 0.29) is 11.5 Å². The molecule has 0 bridgehead atoms. The number of amides is 1. The number of ether oxygens (including phenoxy) is 1. The Kier molecular flexibility index (Phi) is 4.10. The Morgan fingerprint density at radius 1 is 1.48 bits per heavy atom. The van der Waals surface area contributed by atoms with Crippen LogP contribution >= 0.6 is 0 Å². The minimum Gasteiger partial charge on any atom is -0.477 e. The summed E-state index contributed by atoms with van der Waals surface area (Å²) in [5, 5.41) is 0. The van der Waals surface area contributed by atoms with Crippen LogP contribution in [0.3, 0.4) is 0 Å². The van der Waals surface area contributed by atoms with E-state index in [4.69, 9.17) is 4.74 Å². The second kappa shape index (κ2) is 6.20. The lowest BCUT2D eigenvalue weighted by atomic mass is 10.1. The molecule has 1 aliphatic heterocycles. The van der Waals surface area contributed by atoms with Gasteiger partial charge >= 0.3 is 0 Å². The zero-order valence-electron chi connectivity index (χ0n) is 13.1. The predicted octanol–water partition coefficient (Wildman–Crippen LogP) is 1.07. The fourth-order valence-corrected chi connectivity index (χ4v) is 2.71. The molecule has 0 radical (unpaired) electrons. The molecule has 7 heteroatoms. The van der Waals surface area contributed by atoms with Crippen LogP contribution < -0.4 is 10.3 Å². The van der Waals surface area contributed by atoms with Gasteiger partial charge in [0.1, 0.15) is 11.4 Å². The number of nitrogens with one attached hydrogen (secondary N) is 1. The topological polar surface area (TPSA) is 88.2 Å². The molecule has 3 heterocycles. The standard InChI is InChI=1S/C16H18N4O3/c1-3-23-15-12(5-4-7-17-15)16(22)20-8-6-11-13(9-20)18-10(2)19-14(11)21/h4-5,7H,3,6,8-9H2,1-2H3,(H,18,19,21). The van der Waals surface area contributed by atoms with Crippen LogP contribution in [0.2, 0.25) is 0 Å². The number of nitrogens with zero attached hydrogens (tertiary/aromatic N) is 3. The molecule has 1 aliphatic rings. The van der Waals surface area contributed by atoms with Gasteiger partial charge in [0.05, 0.1) is 18.8 Å². The van der Waals surface area contributed by atoms with Gasteiger partial charge in [0.25, 0.3) is 11.5 Å². The number of hydrogen-bond donors (Lipinski definition) is 1. The van der Waals surface area contributed by atoms with Crippen molar-refractivity contribution in [3.05, 3.63) is 51.3 Å². The van der Waals surface area contributed by atoms with E-state index in [1.807, 2.05) is 6.92 Å². The van der Waals surface area contributed by atoms with Crippen molar-refractivity contribution in [2.75, 3.05) is 13.2 Å². The number of fused-ring (bicyclic) bond motifs is 1. The molecule has 1 N–H and O–H groups in total. The van der Waals surface area contributed by atoms with Crippen molar-refractivity contribution < 1.29 is 9.53 Å². The number of pyridine rings is 1. The fraction of sp³-hybridized carbons (Fsp3) is 0.375. The van der Waals surface area contributed by atoms with Gasteiger partial charge in [-0.15, -0.1) is 0 Å².